The molecule has 2 aliphatic heterocycles. The second-order valence-corrected chi connectivity index (χ2v) is 7.02. The van der Waals surface area contributed by atoms with Crippen molar-refractivity contribution in [2.75, 3.05) is 31.1 Å². The van der Waals surface area contributed by atoms with Crippen LogP contribution in [0.3, 0.4) is 0 Å². The number of carboxylic acid groups (broad SMARTS) is 1. The Kier molecular flexibility index (Phi) is 6.24. The molecule has 27 heavy (non-hydrogen) atoms. The molecular formula is C21H25ClN2O3. The van der Waals surface area contributed by atoms with E-state index in [1.54, 1.807) is 0 Å². The van der Waals surface area contributed by atoms with E-state index in [0.717, 1.165) is 61.8 Å². The molecule has 1 unspecified atom stereocenters. The predicted molar refractivity (Wildman–Crippen MR) is 109 cm³/mol. The van der Waals surface area contributed by atoms with E-state index < -0.39 is 5.97 Å². The topological polar surface area (TPSA) is 53.0 Å². The van der Waals surface area contributed by atoms with Crippen LogP contribution in [0.4, 0.5) is 11.4 Å². The minimum atomic E-state index is -0.661. The van der Waals surface area contributed by atoms with E-state index in [2.05, 4.69) is 21.9 Å². The minimum absolute atomic E-state index is 0. The number of rotatable bonds is 5. The molecular weight excluding hydrogens is 364 g/mol. The molecule has 2 aliphatic rings. The van der Waals surface area contributed by atoms with Gasteiger partial charge in [-0.1, -0.05) is 24.3 Å². The van der Waals surface area contributed by atoms with Crippen LogP contribution in [0.2, 0.25) is 0 Å². The minimum Gasteiger partial charge on any atom is -0.481 e. The van der Waals surface area contributed by atoms with Crippen LogP contribution in [0.5, 0.6) is 11.5 Å². The second-order valence-electron chi connectivity index (χ2n) is 7.02. The lowest BCUT2D eigenvalue weighted by atomic mass is 9.98. The van der Waals surface area contributed by atoms with Gasteiger partial charge in [-0.05, 0) is 56.6 Å². The van der Waals surface area contributed by atoms with E-state index in [9.17, 15) is 9.90 Å². The van der Waals surface area contributed by atoms with Crippen molar-refractivity contribution in [1.82, 2.24) is 4.90 Å². The first-order chi connectivity index (χ1) is 12.7. The van der Waals surface area contributed by atoms with Crippen LogP contribution in [0, 0.1) is 5.92 Å². The number of para-hydroxylation sites is 4. The molecule has 1 fully saturated rings. The number of ether oxygens (including phenoxy) is 1. The number of piperidine rings is 1. The molecule has 1 N–H and O–H groups in total. The number of aliphatic carboxylic acids is 1. The van der Waals surface area contributed by atoms with Gasteiger partial charge in [0.25, 0.3) is 0 Å². The zero-order valence-corrected chi connectivity index (χ0v) is 16.0. The molecule has 2 aromatic carbocycles. The maximum atomic E-state index is 11.2. The van der Waals surface area contributed by atoms with Crippen molar-refractivity contribution >= 4 is 29.8 Å². The third-order valence-corrected chi connectivity index (χ3v) is 5.24. The lowest BCUT2D eigenvalue weighted by Crippen LogP contribution is -2.39. The van der Waals surface area contributed by atoms with Crippen LogP contribution in [0.25, 0.3) is 0 Å². The molecule has 4 rings (SSSR count). The van der Waals surface area contributed by atoms with Crippen LogP contribution < -0.4 is 9.64 Å². The number of fused-ring (bicyclic) bond motifs is 2. The fourth-order valence-electron chi connectivity index (χ4n) is 3.93. The number of nitrogens with zero attached hydrogens (tertiary/aromatic N) is 2. The van der Waals surface area contributed by atoms with Crippen molar-refractivity contribution in [1.29, 1.82) is 0 Å². The first-order valence-electron chi connectivity index (χ1n) is 9.31. The lowest BCUT2D eigenvalue weighted by Gasteiger charge is -2.34. The van der Waals surface area contributed by atoms with Crippen molar-refractivity contribution in [3.8, 4) is 11.5 Å². The Morgan fingerprint density at radius 1 is 1.04 bits per heavy atom. The number of anilines is 2. The molecule has 0 amide bonds. The molecule has 144 valence electrons. The quantitative estimate of drug-likeness (QED) is 0.814. The summed E-state index contributed by atoms with van der Waals surface area (Å²) < 4.78 is 6.03. The number of likely N-dealkylation sites (tertiary alicyclic amines) is 1. The maximum Gasteiger partial charge on any atom is 0.307 e. The van der Waals surface area contributed by atoms with E-state index in [-0.39, 0.29) is 18.3 Å². The van der Waals surface area contributed by atoms with E-state index in [4.69, 9.17) is 4.74 Å². The average molecular weight is 389 g/mol. The zero-order valence-electron chi connectivity index (χ0n) is 15.2. The van der Waals surface area contributed by atoms with Gasteiger partial charge in [0.15, 0.2) is 11.5 Å². The molecule has 0 saturated carbocycles. The van der Waals surface area contributed by atoms with Gasteiger partial charge in [0.05, 0.1) is 17.3 Å². The molecule has 2 heterocycles. The summed E-state index contributed by atoms with van der Waals surface area (Å²) >= 11 is 0. The summed E-state index contributed by atoms with van der Waals surface area (Å²) in [6, 6.07) is 16.2. The highest BCUT2D eigenvalue weighted by Crippen LogP contribution is 2.46. The Balaban J connectivity index is 0.00000210. The Hall–Kier alpha value is -2.24. The standard InChI is InChI=1S/C21H24N2O3.ClH/c24-21(25)16-7-5-12-22(15-16)13-6-14-23-17-8-1-3-10-19(17)26-20-11-4-2-9-18(20)23;/h1-4,8-11,16H,5-7,12-15H2,(H,24,25);1H. The SMILES string of the molecule is Cl.O=C(O)C1CCCN(CCCN2c3ccccc3Oc3ccccc32)C1. The van der Waals surface area contributed by atoms with Crippen LogP contribution in [-0.2, 0) is 4.79 Å². The molecule has 0 spiro atoms. The number of carbonyl (C=O) groups is 1. The van der Waals surface area contributed by atoms with Gasteiger partial charge in [0.1, 0.15) is 0 Å². The van der Waals surface area contributed by atoms with E-state index in [1.807, 2.05) is 36.4 Å². The third-order valence-electron chi connectivity index (χ3n) is 5.24. The first-order valence-corrected chi connectivity index (χ1v) is 9.31. The fraction of sp³-hybridized carbons (Fsp3) is 0.381. The number of benzene rings is 2. The largest absolute Gasteiger partial charge is 0.481 e. The molecule has 0 radical (unpaired) electrons. The van der Waals surface area contributed by atoms with E-state index in [0.29, 0.717) is 6.54 Å². The Morgan fingerprint density at radius 3 is 2.30 bits per heavy atom. The molecule has 1 atom stereocenters. The van der Waals surface area contributed by atoms with Gasteiger partial charge in [-0.2, -0.15) is 0 Å². The smallest absolute Gasteiger partial charge is 0.307 e. The number of hydrogen-bond donors (Lipinski definition) is 1. The summed E-state index contributed by atoms with van der Waals surface area (Å²) in [5, 5.41) is 9.25. The maximum absolute atomic E-state index is 11.2. The molecule has 1 saturated heterocycles. The van der Waals surface area contributed by atoms with Crippen LogP contribution in [0.1, 0.15) is 19.3 Å². The van der Waals surface area contributed by atoms with Gasteiger partial charge in [-0.3, -0.25) is 4.79 Å². The summed E-state index contributed by atoms with van der Waals surface area (Å²) in [5.41, 5.74) is 2.18. The fourth-order valence-corrected chi connectivity index (χ4v) is 3.93. The number of carboxylic acids is 1. The first kappa shape index (κ1) is 19.5. The van der Waals surface area contributed by atoms with Crippen molar-refractivity contribution in [2.45, 2.75) is 19.3 Å². The molecule has 0 aromatic heterocycles. The van der Waals surface area contributed by atoms with Gasteiger partial charge in [0.2, 0.25) is 0 Å². The van der Waals surface area contributed by atoms with Crippen molar-refractivity contribution < 1.29 is 14.6 Å². The van der Waals surface area contributed by atoms with Gasteiger partial charge >= 0.3 is 5.97 Å². The summed E-state index contributed by atoms with van der Waals surface area (Å²) in [5.74, 6) is 0.893. The van der Waals surface area contributed by atoms with Crippen molar-refractivity contribution in [2.24, 2.45) is 5.92 Å². The summed E-state index contributed by atoms with van der Waals surface area (Å²) in [6.45, 7) is 3.47. The van der Waals surface area contributed by atoms with Crippen LogP contribution in [-0.4, -0.2) is 42.2 Å². The van der Waals surface area contributed by atoms with Gasteiger partial charge in [-0.25, -0.2) is 0 Å². The highest BCUT2D eigenvalue weighted by Gasteiger charge is 2.26. The Labute approximate surface area is 166 Å². The van der Waals surface area contributed by atoms with Gasteiger partial charge < -0.3 is 19.6 Å². The molecule has 0 bridgehead atoms. The zero-order chi connectivity index (χ0) is 17.9. The van der Waals surface area contributed by atoms with Crippen molar-refractivity contribution in [3.63, 3.8) is 0 Å². The third kappa shape index (κ3) is 4.20. The van der Waals surface area contributed by atoms with Crippen LogP contribution in [0.15, 0.2) is 48.5 Å². The normalized spacial score (nSPS) is 18.7. The second kappa shape index (κ2) is 8.63. The molecule has 0 aliphatic carbocycles. The number of hydrogen-bond acceptors (Lipinski definition) is 4. The predicted octanol–water partition coefficient (Wildman–Crippen LogP) is 4.54. The molecule has 2 aromatic rings. The monoisotopic (exact) mass is 388 g/mol. The van der Waals surface area contributed by atoms with E-state index in [1.165, 1.54) is 0 Å². The van der Waals surface area contributed by atoms with E-state index >= 15 is 0 Å². The van der Waals surface area contributed by atoms with Gasteiger partial charge in [0, 0.05) is 13.1 Å². The highest BCUT2D eigenvalue weighted by atomic mass is 35.5. The number of halogens is 1. The molecule has 6 heteroatoms. The lowest BCUT2D eigenvalue weighted by molar-refractivity contribution is -0.143. The van der Waals surface area contributed by atoms with Crippen molar-refractivity contribution in [3.05, 3.63) is 48.5 Å². The van der Waals surface area contributed by atoms with Crippen LogP contribution >= 0.6 is 12.4 Å². The average Bonchev–Trinajstić information content (AvgIpc) is 2.67. The molecule has 5 nitrogen and oxygen atoms in total. The summed E-state index contributed by atoms with van der Waals surface area (Å²) in [6.07, 6.45) is 2.76. The highest BCUT2D eigenvalue weighted by molar-refractivity contribution is 5.85. The Bertz CT molecular complexity index is 753. The Morgan fingerprint density at radius 2 is 1.67 bits per heavy atom. The summed E-state index contributed by atoms with van der Waals surface area (Å²) in [7, 11) is 0. The van der Waals surface area contributed by atoms with Gasteiger partial charge in [-0.15, -0.1) is 12.4 Å². The summed E-state index contributed by atoms with van der Waals surface area (Å²) in [4.78, 5) is 15.9.